The minimum atomic E-state index is -0.283. The number of hydrogen-bond acceptors (Lipinski definition) is 4. The lowest BCUT2D eigenvalue weighted by Crippen LogP contribution is -2.38. The van der Waals surface area contributed by atoms with Crippen molar-refractivity contribution in [2.75, 3.05) is 29.9 Å². The molecule has 0 atom stereocenters. The van der Waals surface area contributed by atoms with Crippen molar-refractivity contribution >= 4 is 39.9 Å². The number of carbonyl (C=O) groups is 1. The Hall–Kier alpha value is -2.60. The summed E-state index contributed by atoms with van der Waals surface area (Å²) in [5.74, 6) is 1.59. The molecule has 1 aromatic heterocycles. The summed E-state index contributed by atoms with van der Waals surface area (Å²) in [6, 6.07) is 14.0. The molecule has 3 aromatic rings. The summed E-state index contributed by atoms with van der Waals surface area (Å²) >= 11 is 1.86. The fourth-order valence-corrected chi connectivity index (χ4v) is 4.07. The Labute approximate surface area is 161 Å². The van der Waals surface area contributed by atoms with E-state index < -0.39 is 0 Å². The van der Waals surface area contributed by atoms with Crippen LogP contribution in [0.15, 0.2) is 48.5 Å². The van der Waals surface area contributed by atoms with Gasteiger partial charge in [-0.1, -0.05) is 11.6 Å². The van der Waals surface area contributed by atoms with Crippen molar-refractivity contribution in [3.05, 3.63) is 65.6 Å². The van der Waals surface area contributed by atoms with Crippen LogP contribution >= 0.6 is 11.8 Å². The smallest absolute Gasteiger partial charge is 0.272 e. The number of thioether (sulfide) groups is 1. The number of nitrogens with one attached hydrogen (secondary N) is 1. The van der Waals surface area contributed by atoms with Crippen LogP contribution in [0.25, 0.3) is 10.9 Å². The van der Waals surface area contributed by atoms with Crippen molar-refractivity contribution in [2.24, 2.45) is 0 Å². The average Bonchev–Trinajstić information content (AvgIpc) is 2.70. The summed E-state index contributed by atoms with van der Waals surface area (Å²) in [6.45, 7) is 3.52. The predicted molar refractivity (Wildman–Crippen MR) is 109 cm³/mol. The Morgan fingerprint density at radius 1 is 1.11 bits per heavy atom. The quantitative estimate of drug-likeness (QED) is 0.719. The highest BCUT2D eigenvalue weighted by molar-refractivity contribution is 7.99. The number of halogens is 1. The first kappa shape index (κ1) is 17.8. The van der Waals surface area contributed by atoms with Gasteiger partial charge in [-0.05, 0) is 49.4 Å². The summed E-state index contributed by atoms with van der Waals surface area (Å²) in [5, 5.41) is 4.25. The Bertz CT molecular complexity index is 985. The van der Waals surface area contributed by atoms with Crippen LogP contribution in [0, 0.1) is 12.7 Å². The van der Waals surface area contributed by atoms with Gasteiger partial charge in [0.1, 0.15) is 11.5 Å². The summed E-state index contributed by atoms with van der Waals surface area (Å²) in [4.78, 5) is 19.4. The van der Waals surface area contributed by atoms with Crippen molar-refractivity contribution < 1.29 is 9.18 Å². The third-order valence-electron chi connectivity index (χ3n) is 4.60. The molecule has 2 heterocycles. The van der Waals surface area contributed by atoms with Crippen LogP contribution < -0.4 is 5.32 Å². The molecule has 1 aliphatic rings. The highest BCUT2D eigenvalue weighted by atomic mass is 32.2. The number of rotatable bonds is 3. The first-order valence-corrected chi connectivity index (χ1v) is 10.1. The molecule has 1 amide bonds. The number of aromatic nitrogens is 1. The minimum absolute atomic E-state index is 0.0417. The number of amides is 1. The number of nitrogens with zero attached hydrogens (tertiary/aromatic N) is 2. The van der Waals surface area contributed by atoms with Gasteiger partial charge < -0.3 is 10.2 Å². The largest absolute Gasteiger partial charge is 0.355 e. The third kappa shape index (κ3) is 3.90. The van der Waals surface area contributed by atoms with Gasteiger partial charge in [0.25, 0.3) is 5.91 Å². The first-order chi connectivity index (χ1) is 13.1. The Morgan fingerprint density at radius 2 is 1.85 bits per heavy atom. The fourth-order valence-electron chi connectivity index (χ4n) is 3.17. The van der Waals surface area contributed by atoms with Crippen molar-refractivity contribution in [1.29, 1.82) is 0 Å². The second kappa shape index (κ2) is 7.56. The van der Waals surface area contributed by atoms with Crippen LogP contribution in [0.1, 0.15) is 16.1 Å². The molecule has 0 saturated carbocycles. The molecule has 1 fully saturated rings. The first-order valence-electron chi connectivity index (χ1n) is 8.91. The number of aryl methyl sites for hydroxylation is 1. The SMILES string of the molecule is Cc1ccc2nc(C(=O)N3CCSCC3)cc(Nc3ccc(F)cc3)c2c1. The molecule has 4 rings (SSSR count). The number of fused-ring (bicyclic) bond motifs is 1. The van der Waals surface area contributed by atoms with E-state index in [2.05, 4.69) is 10.3 Å². The second-order valence-electron chi connectivity index (χ2n) is 6.61. The number of benzene rings is 2. The Kier molecular flexibility index (Phi) is 4.99. The number of pyridine rings is 1. The predicted octanol–water partition coefficient (Wildman–Crippen LogP) is 4.61. The minimum Gasteiger partial charge on any atom is -0.355 e. The lowest BCUT2D eigenvalue weighted by molar-refractivity contribution is 0.0767. The van der Waals surface area contributed by atoms with E-state index in [-0.39, 0.29) is 11.7 Å². The molecule has 27 heavy (non-hydrogen) atoms. The maximum Gasteiger partial charge on any atom is 0.272 e. The maximum absolute atomic E-state index is 13.2. The maximum atomic E-state index is 13.2. The summed E-state index contributed by atoms with van der Waals surface area (Å²) in [7, 11) is 0. The van der Waals surface area contributed by atoms with E-state index in [1.807, 2.05) is 41.8 Å². The van der Waals surface area contributed by atoms with Gasteiger partial charge in [-0.15, -0.1) is 0 Å². The Morgan fingerprint density at radius 3 is 2.59 bits per heavy atom. The molecular formula is C21H20FN3OS. The molecule has 0 bridgehead atoms. The van der Waals surface area contributed by atoms with Gasteiger partial charge in [-0.3, -0.25) is 4.79 Å². The highest BCUT2D eigenvalue weighted by Gasteiger charge is 2.21. The van der Waals surface area contributed by atoms with Gasteiger partial charge in [0, 0.05) is 35.7 Å². The molecule has 1 aliphatic heterocycles. The summed E-state index contributed by atoms with van der Waals surface area (Å²) in [5.41, 5.74) is 3.87. The van der Waals surface area contributed by atoms with E-state index in [1.54, 1.807) is 18.2 Å². The average molecular weight is 381 g/mol. The number of anilines is 2. The van der Waals surface area contributed by atoms with Crippen molar-refractivity contribution in [1.82, 2.24) is 9.88 Å². The van der Waals surface area contributed by atoms with Crippen LogP contribution in [-0.2, 0) is 0 Å². The topological polar surface area (TPSA) is 45.2 Å². The molecule has 0 aliphatic carbocycles. The molecule has 0 unspecified atom stereocenters. The van der Waals surface area contributed by atoms with E-state index >= 15 is 0 Å². The molecule has 1 saturated heterocycles. The van der Waals surface area contributed by atoms with Crippen molar-refractivity contribution in [3.8, 4) is 0 Å². The van der Waals surface area contributed by atoms with Crippen LogP contribution in [0.4, 0.5) is 15.8 Å². The van der Waals surface area contributed by atoms with Crippen LogP contribution in [0.3, 0.4) is 0 Å². The van der Waals surface area contributed by atoms with Crippen molar-refractivity contribution in [3.63, 3.8) is 0 Å². The normalized spacial score (nSPS) is 14.4. The molecule has 0 spiro atoms. The lowest BCUT2D eigenvalue weighted by atomic mass is 10.1. The van der Waals surface area contributed by atoms with Gasteiger partial charge in [0.2, 0.25) is 0 Å². The molecule has 0 radical (unpaired) electrons. The van der Waals surface area contributed by atoms with Crippen LogP contribution in [0.2, 0.25) is 0 Å². The third-order valence-corrected chi connectivity index (χ3v) is 5.55. The number of hydrogen-bond donors (Lipinski definition) is 1. The zero-order chi connectivity index (χ0) is 18.8. The molecule has 138 valence electrons. The van der Waals surface area contributed by atoms with Gasteiger partial charge in [-0.25, -0.2) is 9.37 Å². The van der Waals surface area contributed by atoms with Crippen LogP contribution in [0.5, 0.6) is 0 Å². The molecule has 1 N–H and O–H groups in total. The lowest BCUT2D eigenvalue weighted by Gasteiger charge is -2.26. The summed E-state index contributed by atoms with van der Waals surface area (Å²) in [6.07, 6.45) is 0. The fraction of sp³-hybridized carbons (Fsp3) is 0.238. The van der Waals surface area contributed by atoms with E-state index in [0.29, 0.717) is 5.69 Å². The highest BCUT2D eigenvalue weighted by Crippen LogP contribution is 2.28. The standard InChI is InChI=1S/C21H20FN3OS/c1-14-2-7-18-17(12-14)19(23-16-5-3-15(22)4-6-16)13-20(24-18)21(26)25-8-10-27-11-9-25/h2-7,12-13H,8-11H2,1H3,(H,23,24). The van der Waals surface area contributed by atoms with Gasteiger partial charge in [0.05, 0.1) is 11.2 Å². The molecule has 4 nitrogen and oxygen atoms in total. The molecule has 2 aromatic carbocycles. The van der Waals surface area contributed by atoms with E-state index in [9.17, 15) is 9.18 Å². The zero-order valence-corrected chi connectivity index (χ0v) is 15.9. The summed E-state index contributed by atoms with van der Waals surface area (Å²) < 4.78 is 13.2. The van der Waals surface area contributed by atoms with Gasteiger partial charge in [0.15, 0.2) is 0 Å². The van der Waals surface area contributed by atoms with Gasteiger partial charge >= 0.3 is 0 Å². The van der Waals surface area contributed by atoms with Gasteiger partial charge in [-0.2, -0.15) is 11.8 Å². The Balaban J connectivity index is 1.76. The second-order valence-corrected chi connectivity index (χ2v) is 7.84. The monoisotopic (exact) mass is 381 g/mol. The molecule has 6 heteroatoms. The molecular weight excluding hydrogens is 361 g/mol. The van der Waals surface area contributed by atoms with E-state index in [1.165, 1.54) is 12.1 Å². The zero-order valence-electron chi connectivity index (χ0n) is 15.0. The van der Waals surface area contributed by atoms with Crippen molar-refractivity contribution in [2.45, 2.75) is 6.92 Å². The van der Waals surface area contributed by atoms with E-state index in [0.717, 1.165) is 52.4 Å². The van der Waals surface area contributed by atoms with Crippen LogP contribution in [-0.4, -0.2) is 40.4 Å². The number of carbonyl (C=O) groups excluding carboxylic acids is 1. The van der Waals surface area contributed by atoms with E-state index in [4.69, 9.17) is 0 Å².